The molecule has 2 atom stereocenters. The predicted molar refractivity (Wildman–Crippen MR) is 101 cm³/mol. The first-order valence-electron chi connectivity index (χ1n) is 9.10. The first-order valence-corrected chi connectivity index (χ1v) is 9.10. The minimum absolute atomic E-state index is 0.335. The lowest BCUT2D eigenvalue weighted by Gasteiger charge is -2.22. The van der Waals surface area contributed by atoms with Gasteiger partial charge in [0.25, 0.3) is 0 Å². The Morgan fingerprint density at radius 3 is 2.44 bits per heavy atom. The Morgan fingerprint density at radius 2 is 1.88 bits per heavy atom. The maximum atomic E-state index is 11.9. The summed E-state index contributed by atoms with van der Waals surface area (Å²) in [5.41, 5.74) is 4.15. The van der Waals surface area contributed by atoms with Crippen LogP contribution < -0.4 is 5.48 Å². The SMILES string of the molecule is Cc1ccc(/C=C\CCCCC(C(=O)NO)[C@H](C=O)CC(C)C)cc1. The number of carbonyl (C=O) groups excluding carboxylic acids is 2. The van der Waals surface area contributed by atoms with E-state index in [4.69, 9.17) is 5.21 Å². The quantitative estimate of drug-likeness (QED) is 0.267. The van der Waals surface area contributed by atoms with Crippen LogP contribution >= 0.6 is 0 Å². The largest absolute Gasteiger partial charge is 0.303 e. The number of amides is 1. The van der Waals surface area contributed by atoms with Crippen molar-refractivity contribution in [2.24, 2.45) is 17.8 Å². The van der Waals surface area contributed by atoms with Gasteiger partial charge in [-0.1, -0.05) is 62.2 Å². The number of aryl methyl sites for hydroxylation is 1. The fourth-order valence-electron chi connectivity index (χ4n) is 3.00. The predicted octanol–water partition coefficient (Wildman–Crippen LogP) is 4.55. The van der Waals surface area contributed by atoms with Crippen molar-refractivity contribution in [1.82, 2.24) is 5.48 Å². The number of carbonyl (C=O) groups is 2. The molecule has 0 heterocycles. The van der Waals surface area contributed by atoms with E-state index in [1.54, 1.807) is 5.48 Å². The van der Waals surface area contributed by atoms with Gasteiger partial charge in [-0.2, -0.15) is 0 Å². The first-order chi connectivity index (χ1) is 12.0. The van der Waals surface area contributed by atoms with Crippen LogP contribution in [0.15, 0.2) is 30.3 Å². The zero-order chi connectivity index (χ0) is 18.7. The van der Waals surface area contributed by atoms with Crippen LogP contribution in [0.25, 0.3) is 6.08 Å². The highest BCUT2D eigenvalue weighted by atomic mass is 16.5. The summed E-state index contributed by atoms with van der Waals surface area (Å²) >= 11 is 0. The van der Waals surface area contributed by atoms with E-state index in [1.807, 2.05) is 13.8 Å². The normalized spacial score (nSPS) is 13.8. The molecule has 0 bridgehead atoms. The van der Waals surface area contributed by atoms with E-state index >= 15 is 0 Å². The topological polar surface area (TPSA) is 66.4 Å². The molecule has 0 aromatic heterocycles. The van der Waals surface area contributed by atoms with Crippen molar-refractivity contribution < 1.29 is 14.8 Å². The maximum Gasteiger partial charge on any atom is 0.247 e. The highest BCUT2D eigenvalue weighted by Crippen LogP contribution is 2.24. The number of aldehydes is 1. The molecular weight excluding hydrogens is 314 g/mol. The van der Waals surface area contributed by atoms with Gasteiger partial charge in [0.05, 0.1) is 0 Å². The van der Waals surface area contributed by atoms with E-state index < -0.39 is 11.8 Å². The Bertz CT molecular complexity index is 549. The van der Waals surface area contributed by atoms with Gasteiger partial charge in [-0.3, -0.25) is 10.0 Å². The van der Waals surface area contributed by atoms with E-state index in [1.165, 1.54) is 11.1 Å². The van der Waals surface area contributed by atoms with Crippen LogP contribution in [-0.4, -0.2) is 17.4 Å². The number of nitrogens with one attached hydrogen (secondary N) is 1. The fraction of sp³-hybridized carbons (Fsp3) is 0.524. The Balaban J connectivity index is 2.44. The molecule has 1 aromatic carbocycles. The van der Waals surface area contributed by atoms with Crippen LogP contribution in [0.2, 0.25) is 0 Å². The van der Waals surface area contributed by atoms with Crippen LogP contribution in [0.3, 0.4) is 0 Å². The lowest BCUT2D eigenvalue weighted by atomic mass is 9.83. The molecule has 0 spiro atoms. The van der Waals surface area contributed by atoms with Gasteiger partial charge >= 0.3 is 0 Å². The lowest BCUT2D eigenvalue weighted by molar-refractivity contribution is -0.137. The molecule has 1 rings (SSSR count). The number of hydrogen-bond acceptors (Lipinski definition) is 3. The second-order valence-corrected chi connectivity index (χ2v) is 7.11. The van der Waals surface area contributed by atoms with Gasteiger partial charge in [0, 0.05) is 11.8 Å². The lowest BCUT2D eigenvalue weighted by Crippen LogP contribution is -2.34. The van der Waals surface area contributed by atoms with Crippen LogP contribution in [0.5, 0.6) is 0 Å². The molecule has 2 N–H and O–H groups in total. The van der Waals surface area contributed by atoms with E-state index in [0.717, 1.165) is 25.5 Å². The molecule has 0 aliphatic rings. The van der Waals surface area contributed by atoms with Crippen molar-refractivity contribution in [2.75, 3.05) is 0 Å². The van der Waals surface area contributed by atoms with Crippen molar-refractivity contribution in [1.29, 1.82) is 0 Å². The van der Waals surface area contributed by atoms with Gasteiger partial charge < -0.3 is 4.79 Å². The summed E-state index contributed by atoms with van der Waals surface area (Å²) in [7, 11) is 0. The van der Waals surface area contributed by atoms with Crippen molar-refractivity contribution in [2.45, 2.75) is 52.9 Å². The Labute approximate surface area is 151 Å². The Kier molecular flexibility index (Phi) is 9.78. The van der Waals surface area contributed by atoms with Gasteiger partial charge in [-0.15, -0.1) is 0 Å². The summed E-state index contributed by atoms with van der Waals surface area (Å²) in [5, 5.41) is 8.94. The molecule has 1 unspecified atom stereocenters. The van der Waals surface area contributed by atoms with E-state index in [2.05, 4.69) is 43.3 Å². The van der Waals surface area contributed by atoms with Crippen molar-refractivity contribution in [3.8, 4) is 0 Å². The van der Waals surface area contributed by atoms with Gasteiger partial charge in [0.2, 0.25) is 5.91 Å². The fourth-order valence-corrected chi connectivity index (χ4v) is 3.00. The third-order valence-corrected chi connectivity index (χ3v) is 4.41. The molecule has 0 saturated heterocycles. The third kappa shape index (κ3) is 8.12. The monoisotopic (exact) mass is 345 g/mol. The molecule has 4 heteroatoms. The summed E-state index contributed by atoms with van der Waals surface area (Å²) in [5.74, 6) is -0.907. The summed E-state index contributed by atoms with van der Waals surface area (Å²) in [6.07, 6.45) is 9.09. The highest BCUT2D eigenvalue weighted by molar-refractivity contribution is 5.80. The summed E-state index contributed by atoms with van der Waals surface area (Å²) < 4.78 is 0. The molecule has 0 saturated carbocycles. The van der Waals surface area contributed by atoms with Gasteiger partial charge in [-0.05, 0) is 44.1 Å². The number of hydrogen-bond donors (Lipinski definition) is 2. The minimum atomic E-state index is -0.453. The van der Waals surface area contributed by atoms with Crippen molar-refractivity contribution in [3.05, 3.63) is 41.5 Å². The first kappa shape index (κ1) is 21.1. The van der Waals surface area contributed by atoms with E-state index in [0.29, 0.717) is 18.8 Å². The molecule has 1 aromatic rings. The molecular formula is C21H31NO3. The van der Waals surface area contributed by atoms with Crippen molar-refractivity contribution in [3.63, 3.8) is 0 Å². The van der Waals surface area contributed by atoms with Gasteiger partial charge in [-0.25, -0.2) is 5.48 Å². The molecule has 25 heavy (non-hydrogen) atoms. The number of hydroxylamine groups is 1. The van der Waals surface area contributed by atoms with Crippen LogP contribution in [-0.2, 0) is 9.59 Å². The standard InChI is InChI=1S/C21H31NO3/c1-16(2)14-19(15-23)20(21(24)22-25)9-7-5-4-6-8-18-12-10-17(3)11-13-18/h6,8,10-13,15-16,19-20,25H,4-5,7,9,14H2,1-3H3,(H,22,24)/b8-6-/t19-,20?/m0/s1. The number of allylic oxidation sites excluding steroid dienone is 1. The molecule has 0 aliphatic carbocycles. The average molecular weight is 345 g/mol. The molecule has 0 radical (unpaired) electrons. The van der Waals surface area contributed by atoms with E-state index in [-0.39, 0.29) is 5.92 Å². The van der Waals surface area contributed by atoms with Crippen LogP contribution in [0.4, 0.5) is 0 Å². The Morgan fingerprint density at radius 1 is 1.20 bits per heavy atom. The average Bonchev–Trinajstić information content (AvgIpc) is 2.60. The summed E-state index contributed by atoms with van der Waals surface area (Å²) in [4.78, 5) is 23.2. The maximum absolute atomic E-state index is 11.9. The molecule has 0 fully saturated rings. The summed E-state index contributed by atoms with van der Waals surface area (Å²) in [6.45, 7) is 6.12. The van der Waals surface area contributed by atoms with Gasteiger partial charge in [0.15, 0.2) is 0 Å². The minimum Gasteiger partial charge on any atom is -0.303 e. The summed E-state index contributed by atoms with van der Waals surface area (Å²) in [6, 6.07) is 8.36. The zero-order valence-corrected chi connectivity index (χ0v) is 15.6. The number of unbranched alkanes of at least 4 members (excludes halogenated alkanes) is 2. The molecule has 138 valence electrons. The molecule has 4 nitrogen and oxygen atoms in total. The second kappa shape index (κ2) is 11.6. The zero-order valence-electron chi connectivity index (χ0n) is 15.6. The number of benzene rings is 1. The molecule has 1 amide bonds. The highest BCUT2D eigenvalue weighted by Gasteiger charge is 2.28. The van der Waals surface area contributed by atoms with Crippen LogP contribution in [0.1, 0.15) is 57.1 Å². The second-order valence-electron chi connectivity index (χ2n) is 7.11. The van der Waals surface area contributed by atoms with Crippen molar-refractivity contribution >= 4 is 18.3 Å². The Hall–Kier alpha value is -1.94. The van der Waals surface area contributed by atoms with Gasteiger partial charge in [0.1, 0.15) is 6.29 Å². The van der Waals surface area contributed by atoms with E-state index in [9.17, 15) is 9.59 Å². The molecule has 0 aliphatic heterocycles. The smallest absolute Gasteiger partial charge is 0.247 e. The third-order valence-electron chi connectivity index (χ3n) is 4.41. The number of rotatable bonds is 11. The van der Waals surface area contributed by atoms with Crippen LogP contribution in [0, 0.1) is 24.7 Å².